The summed E-state index contributed by atoms with van der Waals surface area (Å²) < 4.78 is 6.16. The lowest BCUT2D eigenvalue weighted by molar-refractivity contribution is -0.138. The van der Waals surface area contributed by atoms with Crippen LogP contribution in [0.15, 0.2) is 49.1 Å². The third-order valence-electron chi connectivity index (χ3n) is 7.49. The molecule has 2 aliphatic heterocycles. The SMILES string of the molecule is O=C(O)CC1CCN(Cc2cc(Oc3cnc(N4CCc5nc[nH]c5C4)nc3)nc(-c3cc(Cl)cc(Cl)c3)c2)CC1. The van der Waals surface area contributed by atoms with Gasteiger partial charge in [0.2, 0.25) is 11.8 Å². The molecular weight excluding hydrogens is 565 g/mol. The van der Waals surface area contributed by atoms with E-state index in [1.165, 1.54) is 0 Å². The minimum atomic E-state index is -0.732. The highest BCUT2D eigenvalue weighted by atomic mass is 35.5. The smallest absolute Gasteiger partial charge is 0.303 e. The van der Waals surface area contributed by atoms with E-state index in [2.05, 4.69) is 29.7 Å². The predicted molar refractivity (Wildman–Crippen MR) is 155 cm³/mol. The summed E-state index contributed by atoms with van der Waals surface area (Å²) in [7, 11) is 0. The number of pyridine rings is 1. The van der Waals surface area contributed by atoms with Gasteiger partial charge in [-0.1, -0.05) is 23.2 Å². The molecule has 2 N–H and O–H groups in total. The quantitative estimate of drug-likeness (QED) is 0.268. The van der Waals surface area contributed by atoms with Crippen LogP contribution in [-0.2, 0) is 24.3 Å². The molecule has 0 aliphatic carbocycles. The van der Waals surface area contributed by atoms with E-state index < -0.39 is 5.97 Å². The van der Waals surface area contributed by atoms with Crippen LogP contribution in [0.25, 0.3) is 11.3 Å². The second kappa shape index (κ2) is 12.0. The fraction of sp³-hybridized carbons (Fsp3) is 0.345. The molecule has 1 aromatic carbocycles. The van der Waals surface area contributed by atoms with Crippen LogP contribution in [-0.4, -0.2) is 60.5 Å². The summed E-state index contributed by atoms with van der Waals surface area (Å²) in [5.41, 5.74) is 4.65. The third kappa shape index (κ3) is 6.78. The first-order valence-electron chi connectivity index (χ1n) is 13.6. The Hall–Kier alpha value is -3.73. The Kier molecular flexibility index (Phi) is 8.04. The van der Waals surface area contributed by atoms with Crippen LogP contribution < -0.4 is 9.64 Å². The van der Waals surface area contributed by atoms with Crippen molar-refractivity contribution in [3.05, 3.63) is 76.0 Å². The monoisotopic (exact) mass is 593 g/mol. The van der Waals surface area contributed by atoms with Crippen molar-refractivity contribution in [2.75, 3.05) is 24.5 Å². The molecular formula is C29H29Cl2N7O3. The Balaban J connectivity index is 1.21. The average Bonchev–Trinajstić information content (AvgIpc) is 3.42. The average molecular weight is 595 g/mol. The fourth-order valence-electron chi connectivity index (χ4n) is 5.44. The molecule has 6 rings (SSSR count). The summed E-state index contributed by atoms with van der Waals surface area (Å²) in [5, 5.41) is 10.2. The predicted octanol–water partition coefficient (Wildman–Crippen LogP) is 5.61. The van der Waals surface area contributed by atoms with Gasteiger partial charge in [0, 0.05) is 47.6 Å². The van der Waals surface area contributed by atoms with Crippen molar-refractivity contribution in [2.24, 2.45) is 5.92 Å². The zero-order valence-corrected chi connectivity index (χ0v) is 23.8. The molecule has 1 fully saturated rings. The highest BCUT2D eigenvalue weighted by Gasteiger charge is 2.23. The number of nitrogens with one attached hydrogen (secondary N) is 1. The van der Waals surface area contributed by atoms with E-state index in [0.717, 1.165) is 61.4 Å². The maximum absolute atomic E-state index is 11.1. The molecule has 4 aromatic rings. The number of carboxylic acids is 1. The molecule has 0 unspecified atom stereocenters. The Morgan fingerprint density at radius 3 is 2.51 bits per heavy atom. The van der Waals surface area contributed by atoms with Gasteiger partial charge in [-0.05, 0) is 61.7 Å². The van der Waals surface area contributed by atoms with Gasteiger partial charge < -0.3 is 19.7 Å². The van der Waals surface area contributed by atoms with Gasteiger partial charge in [0.1, 0.15) is 0 Å². The van der Waals surface area contributed by atoms with E-state index in [0.29, 0.717) is 46.4 Å². The normalized spacial score (nSPS) is 16.0. The number of fused-ring (bicyclic) bond motifs is 1. The Labute approximate surface area is 247 Å². The summed E-state index contributed by atoms with van der Waals surface area (Å²) in [5.74, 6) is 0.996. The van der Waals surface area contributed by atoms with Gasteiger partial charge >= 0.3 is 5.97 Å². The number of carbonyl (C=O) groups is 1. The minimum absolute atomic E-state index is 0.221. The number of aromatic amines is 1. The molecule has 212 valence electrons. The molecule has 0 amide bonds. The number of imidazole rings is 1. The number of carboxylic acid groups (broad SMARTS) is 1. The number of hydrogen-bond acceptors (Lipinski definition) is 8. The van der Waals surface area contributed by atoms with Crippen LogP contribution in [0.2, 0.25) is 10.0 Å². The molecule has 1 saturated heterocycles. The van der Waals surface area contributed by atoms with Gasteiger partial charge in [0.15, 0.2) is 5.75 Å². The lowest BCUT2D eigenvalue weighted by Gasteiger charge is -2.31. The number of hydrogen-bond donors (Lipinski definition) is 2. The highest BCUT2D eigenvalue weighted by molar-refractivity contribution is 6.35. The number of likely N-dealkylation sites (tertiary alicyclic amines) is 1. The number of H-pyrrole nitrogens is 1. The number of benzene rings is 1. The molecule has 12 heteroatoms. The van der Waals surface area contributed by atoms with Crippen molar-refractivity contribution in [3.63, 3.8) is 0 Å². The first kappa shape index (κ1) is 27.4. The molecule has 10 nitrogen and oxygen atoms in total. The number of piperidine rings is 1. The highest BCUT2D eigenvalue weighted by Crippen LogP contribution is 2.31. The number of aliphatic carboxylic acids is 1. The Morgan fingerprint density at radius 2 is 1.78 bits per heavy atom. The largest absolute Gasteiger partial charge is 0.481 e. The number of anilines is 1. The van der Waals surface area contributed by atoms with Crippen molar-refractivity contribution in [1.82, 2.24) is 29.8 Å². The van der Waals surface area contributed by atoms with E-state index in [-0.39, 0.29) is 12.3 Å². The summed E-state index contributed by atoms with van der Waals surface area (Å²) in [6.45, 7) is 3.82. The zero-order valence-electron chi connectivity index (χ0n) is 22.3. The van der Waals surface area contributed by atoms with Gasteiger partial charge in [0.25, 0.3) is 0 Å². The number of ether oxygens (including phenoxy) is 1. The van der Waals surface area contributed by atoms with Gasteiger partial charge in [-0.3, -0.25) is 9.69 Å². The number of halogens is 2. The molecule has 2 aliphatic rings. The van der Waals surface area contributed by atoms with Crippen LogP contribution in [0.3, 0.4) is 0 Å². The molecule has 3 aromatic heterocycles. The van der Waals surface area contributed by atoms with Crippen molar-refractivity contribution in [3.8, 4) is 22.9 Å². The zero-order chi connectivity index (χ0) is 28.3. The van der Waals surface area contributed by atoms with Gasteiger partial charge in [-0.25, -0.2) is 19.9 Å². The summed E-state index contributed by atoms with van der Waals surface area (Å²) in [6, 6.07) is 9.25. The standard InChI is InChI=1S/C29H29Cl2N7O3/c30-21-10-20(11-22(31)12-21)25-7-19(15-37-4-1-18(2-5-37)9-28(39)40)8-27(36-25)41-23-13-32-29(33-14-23)38-6-3-24-26(16-38)35-17-34-24/h7-8,10-14,17-18H,1-6,9,15-16H2,(H,34,35)(H,39,40). The molecule has 0 saturated carbocycles. The first-order chi connectivity index (χ1) is 19.9. The second-order valence-corrected chi connectivity index (χ2v) is 11.4. The van der Waals surface area contributed by atoms with Crippen molar-refractivity contribution in [2.45, 2.75) is 38.8 Å². The van der Waals surface area contributed by atoms with Crippen molar-refractivity contribution >= 4 is 35.1 Å². The van der Waals surface area contributed by atoms with E-state index >= 15 is 0 Å². The van der Waals surface area contributed by atoms with E-state index in [4.69, 9.17) is 38.0 Å². The molecule has 0 radical (unpaired) electrons. The third-order valence-corrected chi connectivity index (χ3v) is 7.93. The maximum Gasteiger partial charge on any atom is 0.303 e. The number of aromatic nitrogens is 5. The first-order valence-corrected chi connectivity index (χ1v) is 14.3. The lowest BCUT2D eigenvalue weighted by Crippen LogP contribution is -2.33. The lowest BCUT2D eigenvalue weighted by atomic mass is 9.93. The summed E-state index contributed by atoms with van der Waals surface area (Å²) >= 11 is 12.6. The van der Waals surface area contributed by atoms with Crippen molar-refractivity contribution in [1.29, 1.82) is 0 Å². The number of nitrogens with zero attached hydrogens (tertiary/aromatic N) is 6. The van der Waals surface area contributed by atoms with Crippen LogP contribution in [0.5, 0.6) is 11.6 Å². The second-order valence-electron chi connectivity index (χ2n) is 10.5. The van der Waals surface area contributed by atoms with Crippen molar-refractivity contribution < 1.29 is 14.6 Å². The topological polar surface area (TPSA) is 120 Å². The maximum atomic E-state index is 11.1. The van der Waals surface area contributed by atoms with Crippen LogP contribution in [0, 0.1) is 5.92 Å². The Bertz CT molecular complexity index is 1520. The molecule has 0 atom stereocenters. The van der Waals surface area contributed by atoms with E-state index in [9.17, 15) is 4.79 Å². The molecule has 0 spiro atoms. The summed E-state index contributed by atoms with van der Waals surface area (Å²) in [4.78, 5) is 36.9. The minimum Gasteiger partial charge on any atom is -0.481 e. The van der Waals surface area contributed by atoms with E-state index in [1.807, 2.05) is 24.3 Å². The van der Waals surface area contributed by atoms with Gasteiger partial charge in [-0.2, -0.15) is 0 Å². The molecule has 0 bridgehead atoms. The molecule has 41 heavy (non-hydrogen) atoms. The van der Waals surface area contributed by atoms with Crippen LogP contribution >= 0.6 is 23.2 Å². The molecule has 5 heterocycles. The Morgan fingerprint density at radius 1 is 1.02 bits per heavy atom. The van der Waals surface area contributed by atoms with Crippen LogP contribution in [0.4, 0.5) is 5.95 Å². The summed E-state index contributed by atoms with van der Waals surface area (Å²) in [6.07, 6.45) is 7.82. The van der Waals surface area contributed by atoms with Gasteiger partial charge in [-0.15, -0.1) is 0 Å². The van der Waals surface area contributed by atoms with E-state index in [1.54, 1.807) is 24.8 Å². The fourth-order valence-corrected chi connectivity index (χ4v) is 5.96. The van der Waals surface area contributed by atoms with Gasteiger partial charge in [0.05, 0.1) is 42.3 Å². The number of rotatable bonds is 8. The van der Waals surface area contributed by atoms with Crippen LogP contribution in [0.1, 0.15) is 36.2 Å².